The van der Waals surface area contributed by atoms with E-state index in [1.165, 1.54) is 5.56 Å². The Morgan fingerprint density at radius 2 is 2.13 bits per heavy atom. The highest BCUT2D eigenvalue weighted by molar-refractivity contribution is 7.07. The maximum Gasteiger partial charge on any atom is 0.0577 e. The second kappa shape index (κ2) is 5.64. The fraction of sp³-hybridized carbons (Fsp3) is 0.667. The first-order valence-corrected chi connectivity index (χ1v) is 6.59. The second-order valence-corrected chi connectivity index (χ2v) is 4.96. The van der Waals surface area contributed by atoms with Crippen molar-refractivity contribution in [2.45, 2.75) is 44.3 Å². The molecule has 0 atom stereocenters. The van der Waals surface area contributed by atoms with Crippen molar-refractivity contribution >= 4 is 11.3 Å². The van der Waals surface area contributed by atoms with E-state index in [-0.39, 0.29) is 6.10 Å². The minimum Gasteiger partial charge on any atom is -0.393 e. The summed E-state index contributed by atoms with van der Waals surface area (Å²) in [5.41, 5.74) is 1.37. The highest BCUT2D eigenvalue weighted by Crippen LogP contribution is 2.21. The minimum absolute atomic E-state index is 0.0817. The zero-order chi connectivity index (χ0) is 10.5. The van der Waals surface area contributed by atoms with Crippen molar-refractivity contribution in [3.05, 3.63) is 22.4 Å². The van der Waals surface area contributed by atoms with Gasteiger partial charge in [0.15, 0.2) is 0 Å². The van der Waals surface area contributed by atoms with Gasteiger partial charge in [-0.1, -0.05) is 0 Å². The molecule has 84 valence electrons. The molecule has 0 unspecified atom stereocenters. The van der Waals surface area contributed by atoms with Gasteiger partial charge >= 0.3 is 0 Å². The predicted molar refractivity (Wildman–Crippen MR) is 62.2 cm³/mol. The van der Waals surface area contributed by atoms with E-state index in [2.05, 4.69) is 16.8 Å². The van der Waals surface area contributed by atoms with Crippen LogP contribution in [0, 0.1) is 0 Å². The molecule has 2 rings (SSSR count). The van der Waals surface area contributed by atoms with Gasteiger partial charge in [0, 0.05) is 0 Å². The van der Waals surface area contributed by atoms with Crippen molar-refractivity contribution in [2.75, 3.05) is 6.61 Å². The standard InChI is InChI=1S/C12H18O2S/c13-11-1-3-12(4-2-11)14-7-5-10-6-8-15-9-10/h6,8-9,11-13H,1-5,7H2. The van der Waals surface area contributed by atoms with Gasteiger partial charge in [0.1, 0.15) is 0 Å². The van der Waals surface area contributed by atoms with Crippen LogP contribution in [0.5, 0.6) is 0 Å². The summed E-state index contributed by atoms with van der Waals surface area (Å²) in [4.78, 5) is 0. The summed E-state index contributed by atoms with van der Waals surface area (Å²) in [5.74, 6) is 0. The first-order valence-electron chi connectivity index (χ1n) is 5.65. The van der Waals surface area contributed by atoms with E-state index in [4.69, 9.17) is 4.74 Å². The molecule has 1 aliphatic rings. The maximum absolute atomic E-state index is 9.35. The van der Waals surface area contributed by atoms with Crippen LogP contribution < -0.4 is 0 Å². The Bertz CT molecular complexity index is 263. The first-order chi connectivity index (χ1) is 7.34. The number of aliphatic hydroxyl groups excluding tert-OH is 1. The van der Waals surface area contributed by atoms with Crippen LogP contribution in [0.25, 0.3) is 0 Å². The van der Waals surface area contributed by atoms with Gasteiger partial charge in [0.2, 0.25) is 0 Å². The lowest BCUT2D eigenvalue weighted by Gasteiger charge is -2.25. The lowest BCUT2D eigenvalue weighted by molar-refractivity contribution is -0.00178. The van der Waals surface area contributed by atoms with Crippen LogP contribution in [0.1, 0.15) is 31.2 Å². The van der Waals surface area contributed by atoms with Crippen LogP contribution in [-0.2, 0) is 11.2 Å². The van der Waals surface area contributed by atoms with Gasteiger partial charge < -0.3 is 9.84 Å². The topological polar surface area (TPSA) is 29.5 Å². The average molecular weight is 226 g/mol. The van der Waals surface area contributed by atoms with Gasteiger partial charge in [-0.15, -0.1) is 0 Å². The van der Waals surface area contributed by atoms with Gasteiger partial charge in [0.25, 0.3) is 0 Å². The molecule has 0 amide bonds. The van der Waals surface area contributed by atoms with Crippen molar-refractivity contribution < 1.29 is 9.84 Å². The van der Waals surface area contributed by atoms with Crippen molar-refractivity contribution in [2.24, 2.45) is 0 Å². The fourth-order valence-corrected chi connectivity index (χ4v) is 2.69. The summed E-state index contributed by atoms with van der Waals surface area (Å²) in [6.45, 7) is 0.817. The van der Waals surface area contributed by atoms with E-state index in [0.717, 1.165) is 38.7 Å². The summed E-state index contributed by atoms with van der Waals surface area (Å²) in [5, 5.41) is 13.6. The predicted octanol–water partition coefficient (Wildman–Crippen LogP) is 2.61. The molecule has 3 heteroatoms. The molecule has 0 aliphatic heterocycles. The molecular formula is C12H18O2S. The number of hydrogen-bond donors (Lipinski definition) is 1. The van der Waals surface area contributed by atoms with Crippen LogP contribution in [0.3, 0.4) is 0 Å². The molecule has 0 saturated heterocycles. The summed E-state index contributed by atoms with van der Waals surface area (Å²) in [7, 11) is 0. The summed E-state index contributed by atoms with van der Waals surface area (Å²) in [6.07, 6.45) is 5.17. The highest BCUT2D eigenvalue weighted by atomic mass is 32.1. The monoisotopic (exact) mass is 226 g/mol. The lowest BCUT2D eigenvalue weighted by Crippen LogP contribution is -2.24. The van der Waals surface area contributed by atoms with Gasteiger partial charge in [-0.2, -0.15) is 11.3 Å². The van der Waals surface area contributed by atoms with Crippen LogP contribution in [-0.4, -0.2) is 23.9 Å². The molecule has 0 bridgehead atoms. The molecule has 2 nitrogen and oxygen atoms in total. The SMILES string of the molecule is OC1CCC(OCCc2ccsc2)CC1. The number of ether oxygens (including phenoxy) is 1. The van der Waals surface area contributed by atoms with Gasteiger partial charge in [-0.05, 0) is 54.5 Å². The van der Waals surface area contributed by atoms with E-state index in [1.54, 1.807) is 11.3 Å². The Balaban J connectivity index is 1.62. The summed E-state index contributed by atoms with van der Waals surface area (Å²) >= 11 is 1.74. The molecule has 0 spiro atoms. The van der Waals surface area contributed by atoms with Crippen LogP contribution >= 0.6 is 11.3 Å². The summed E-state index contributed by atoms with van der Waals surface area (Å²) < 4.78 is 5.80. The third-order valence-electron chi connectivity index (χ3n) is 2.97. The van der Waals surface area contributed by atoms with E-state index < -0.39 is 0 Å². The zero-order valence-electron chi connectivity index (χ0n) is 8.89. The molecule has 1 aromatic heterocycles. The zero-order valence-corrected chi connectivity index (χ0v) is 9.71. The normalized spacial score (nSPS) is 26.7. The molecule has 1 heterocycles. The minimum atomic E-state index is -0.0817. The molecule has 0 radical (unpaired) electrons. The van der Waals surface area contributed by atoms with Crippen molar-refractivity contribution in [1.82, 2.24) is 0 Å². The smallest absolute Gasteiger partial charge is 0.0577 e. The fourth-order valence-electron chi connectivity index (χ4n) is 1.99. The number of thiophene rings is 1. The molecule has 1 N–H and O–H groups in total. The van der Waals surface area contributed by atoms with E-state index in [0.29, 0.717) is 6.10 Å². The molecule has 0 aromatic carbocycles. The number of aliphatic hydroxyl groups is 1. The van der Waals surface area contributed by atoms with E-state index in [9.17, 15) is 5.11 Å². The van der Waals surface area contributed by atoms with Gasteiger partial charge in [-0.3, -0.25) is 0 Å². The lowest BCUT2D eigenvalue weighted by atomic mass is 9.95. The molecule has 1 saturated carbocycles. The largest absolute Gasteiger partial charge is 0.393 e. The van der Waals surface area contributed by atoms with Gasteiger partial charge in [-0.25, -0.2) is 0 Å². The second-order valence-electron chi connectivity index (χ2n) is 4.18. The Morgan fingerprint density at radius 1 is 1.33 bits per heavy atom. The molecule has 1 aromatic rings. The molecule has 1 fully saturated rings. The summed E-state index contributed by atoms with van der Waals surface area (Å²) in [6, 6.07) is 2.15. The average Bonchev–Trinajstić information content (AvgIpc) is 2.74. The Morgan fingerprint density at radius 3 is 2.80 bits per heavy atom. The highest BCUT2D eigenvalue weighted by Gasteiger charge is 2.19. The van der Waals surface area contributed by atoms with Crippen LogP contribution in [0.2, 0.25) is 0 Å². The van der Waals surface area contributed by atoms with E-state index in [1.807, 2.05) is 0 Å². The Kier molecular flexibility index (Phi) is 4.18. The molecular weight excluding hydrogens is 208 g/mol. The maximum atomic E-state index is 9.35. The third kappa shape index (κ3) is 3.59. The van der Waals surface area contributed by atoms with Crippen molar-refractivity contribution in [3.63, 3.8) is 0 Å². The van der Waals surface area contributed by atoms with Gasteiger partial charge in [0.05, 0.1) is 18.8 Å². The first kappa shape index (κ1) is 11.1. The number of hydrogen-bond acceptors (Lipinski definition) is 3. The van der Waals surface area contributed by atoms with Crippen molar-refractivity contribution in [1.29, 1.82) is 0 Å². The van der Waals surface area contributed by atoms with Crippen molar-refractivity contribution in [3.8, 4) is 0 Å². The Hall–Kier alpha value is -0.380. The van der Waals surface area contributed by atoms with Crippen LogP contribution in [0.4, 0.5) is 0 Å². The van der Waals surface area contributed by atoms with Crippen LogP contribution in [0.15, 0.2) is 16.8 Å². The molecule has 1 aliphatic carbocycles. The Labute approximate surface area is 94.9 Å². The third-order valence-corrected chi connectivity index (χ3v) is 3.70. The number of rotatable bonds is 4. The molecule has 15 heavy (non-hydrogen) atoms. The van der Waals surface area contributed by atoms with E-state index >= 15 is 0 Å². The quantitative estimate of drug-likeness (QED) is 0.855.